The van der Waals surface area contributed by atoms with Crippen molar-refractivity contribution in [1.29, 1.82) is 0 Å². The minimum Gasteiger partial charge on any atom is -0.380 e. The van der Waals surface area contributed by atoms with Crippen molar-refractivity contribution in [2.75, 3.05) is 65.6 Å². The Morgan fingerprint density at radius 3 is 2.48 bits per heavy atom. The molecule has 1 fully saturated rings. The largest absolute Gasteiger partial charge is 0.380 e. The van der Waals surface area contributed by atoms with Gasteiger partial charge in [0.15, 0.2) is 5.96 Å². The van der Waals surface area contributed by atoms with Crippen LogP contribution in [0, 0.1) is 5.92 Å². The highest BCUT2D eigenvalue weighted by Crippen LogP contribution is 2.01. The Balaban J connectivity index is 2.18. The first kappa shape index (κ1) is 21.7. The van der Waals surface area contributed by atoms with Crippen LogP contribution in [0.4, 0.5) is 0 Å². The predicted molar refractivity (Wildman–Crippen MR) is 103 cm³/mol. The molecule has 7 nitrogen and oxygen atoms in total. The summed E-state index contributed by atoms with van der Waals surface area (Å²) < 4.78 is 5.62. The minimum absolute atomic E-state index is 0.173. The van der Waals surface area contributed by atoms with E-state index in [2.05, 4.69) is 41.3 Å². The number of nitrogens with zero attached hydrogens (tertiary/aromatic N) is 3. The van der Waals surface area contributed by atoms with E-state index in [1.165, 1.54) is 0 Å². The van der Waals surface area contributed by atoms with Crippen LogP contribution in [0.2, 0.25) is 0 Å². The number of nitrogens with one attached hydrogen (secondary N) is 2. The lowest BCUT2D eigenvalue weighted by atomic mass is 10.1. The van der Waals surface area contributed by atoms with Gasteiger partial charge in [-0.1, -0.05) is 13.8 Å². The molecule has 0 spiro atoms. The zero-order valence-electron chi connectivity index (χ0n) is 16.5. The summed E-state index contributed by atoms with van der Waals surface area (Å²) in [6.45, 7) is 16.4. The van der Waals surface area contributed by atoms with Crippen LogP contribution in [0.25, 0.3) is 0 Å². The third kappa shape index (κ3) is 10.3. The van der Waals surface area contributed by atoms with E-state index in [4.69, 9.17) is 4.74 Å². The Labute approximate surface area is 153 Å². The molecule has 146 valence electrons. The van der Waals surface area contributed by atoms with Gasteiger partial charge in [0.05, 0.1) is 13.2 Å². The Kier molecular flexibility index (Phi) is 11.2. The first-order valence-corrected chi connectivity index (χ1v) is 9.60. The van der Waals surface area contributed by atoms with Crippen molar-refractivity contribution in [3.63, 3.8) is 0 Å². The van der Waals surface area contributed by atoms with E-state index >= 15 is 0 Å². The second-order valence-electron chi connectivity index (χ2n) is 6.83. The molecule has 0 unspecified atom stereocenters. The zero-order valence-corrected chi connectivity index (χ0v) is 16.5. The van der Waals surface area contributed by atoms with Crippen molar-refractivity contribution in [1.82, 2.24) is 20.4 Å². The van der Waals surface area contributed by atoms with E-state index in [1.807, 2.05) is 4.90 Å². The maximum Gasteiger partial charge on any atom is 0.219 e. The lowest BCUT2D eigenvalue weighted by Gasteiger charge is -2.33. The molecule has 0 radical (unpaired) electrons. The van der Waals surface area contributed by atoms with E-state index in [0.29, 0.717) is 12.5 Å². The van der Waals surface area contributed by atoms with Crippen LogP contribution in [0.3, 0.4) is 0 Å². The van der Waals surface area contributed by atoms with Gasteiger partial charge in [-0.3, -0.25) is 14.7 Å². The van der Waals surface area contributed by atoms with Crippen LogP contribution in [-0.2, 0) is 9.53 Å². The summed E-state index contributed by atoms with van der Waals surface area (Å²) in [6.07, 6.45) is 1.10. The summed E-state index contributed by atoms with van der Waals surface area (Å²) in [5.74, 6) is 1.70. The fraction of sp³-hybridized carbons (Fsp3) is 0.889. The third-order valence-electron chi connectivity index (χ3n) is 4.23. The smallest absolute Gasteiger partial charge is 0.219 e. The molecule has 0 aliphatic carbocycles. The molecule has 0 aromatic carbocycles. The first-order chi connectivity index (χ1) is 12.0. The molecule has 7 heteroatoms. The van der Waals surface area contributed by atoms with Gasteiger partial charge in [0, 0.05) is 59.3 Å². The molecule has 2 N–H and O–H groups in total. The van der Waals surface area contributed by atoms with Crippen molar-refractivity contribution in [2.45, 2.75) is 34.1 Å². The highest BCUT2D eigenvalue weighted by Gasteiger charge is 2.17. The molecule has 0 saturated carbocycles. The molecule has 1 heterocycles. The lowest BCUT2D eigenvalue weighted by molar-refractivity contribution is -0.130. The number of hydrogen-bond donors (Lipinski definition) is 2. The van der Waals surface area contributed by atoms with E-state index in [-0.39, 0.29) is 5.91 Å². The van der Waals surface area contributed by atoms with Gasteiger partial charge < -0.3 is 20.3 Å². The fourth-order valence-electron chi connectivity index (χ4n) is 2.59. The van der Waals surface area contributed by atoms with Gasteiger partial charge >= 0.3 is 0 Å². The second kappa shape index (κ2) is 12.9. The van der Waals surface area contributed by atoms with E-state index < -0.39 is 0 Å². The van der Waals surface area contributed by atoms with E-state index in [9.17, 15) is 4.79 Å². The molecule has 1 amide bonds. The van der Waals surface area contributed by atoms with E-state index in [0.717, 1.165) is 71.3 Å². The van der Waals surface area contributed by atoms with Gasteiger partial charge in [-0.25, -0.2) is 0 Å². The third-order valence-corrected chi connectivity index (χ3v) is 4.23. The summed E-state index contributed by atoms with van der Waals surface area (Å²) in [5, 5.41) is 6.57. The Hall–Kier alpha value is -1.34. The number of amides is 1. The number of hydrogen-bond acceptors (Lipinski definition) is 4. The zero-order chi connectivity index (χ0) is 18.5. The van der Waals surface area contributed by atoms with E-state index in [1.54, 1.807) is 6.92 Å². The topological polar surface area (TPSA) is 69.2 Å². The average molecular weight is 356 g/mol. The Morgan fingerprint density at radius 1 is 1.16 bits per heavy atom. The summed E-state index contributed by atoms with van der Waals surface area (Å²) in [4.78, 5) is 20.2. The van der Waals surface area contributed by atoms with Crippen molar-refractivity contribution in [3.8, 4) is 0 Å². The van der Waals surface area contributed by atoms with Gasteiger partial charge in [-0.2, -0.15) is 0 Å². The second-order valence-corrected chi connectivity index (χ2v) is 6.83. The molecule has 0 bridgehead atoms. The number of rotatable bonds is 10. The van der Waals surface area contributed by atoms with Gasteiger partial charge in [0.1, 0.15) is 0 Å². The Bertz CT molecular complexity index is 393. The summed E-state index contributed by atoms with van der Waals surface area (Å²) in [7, 11) is 0. The number of ether oxygens (including phenoxy) is 1. The van der Waals surface area contributed by atoms with Crippen LogP contribution in [0.1, 0.15) is 34.1 Å². The van der Waals surface area contributed by atoms with Gasteiger partial charge in [-0.05, 0) is 19.3 Å². The molecular weight excluding hydrogens is 318 g/mol. The van der Waals surface area contributed by atoms with Crippen LogP contribution >= 0.6 is 0 Å². The summed E-state index contributed by atoms with van der Waals surface area (Å²) in [6, 6.07) is 0. The van der Waals surface area contributed by atoms with Gasteiger partial charge in [-0.15, -0.1) is 0 Å². The standard InChI is InChI=1S/C18H37N5O2/c1-5-19-18(21-8-15-25-14-6-16(2)3)20-7-9-22-10-12-23(13-11-22)17(4)24/h16H,5-15H2,1-4H3,(H2,19,20,21). The summed E-state index contributed by atoms with van der Waals surface area (Å²) in [5.41, 5.74) is 0. The molecule has 0 aromatic rings. The van der Waals surface area contributed by atoms with Crippen LogP contribution < -0.4 is 10.6 Å². The molecule has 1 aliphatic heterocycles. The maximum absolute atomic E-state index is 11.3. The molecule has 0 aromatic heterocycles. The number of piperazine rings is 1. The quantitative estimate of drug-likeness (QED) is 0.344. The Morgan fingerprint density at radius 2 is 1.88 bits per heavy atom. The SMILES string of the molecule is CCNC(=NCCN1CCN(C(C)=O)CC1)NCCOCCC(C)C. The molecular formula is C18H37N5O2. The van der Waals surface area contributed by atoms with Crippen molar-refractivity contribution >= 4 is 11.9 Å². The normalized spacial score (nSPS) is 16.4. The highest BCUT2D eigenvalue weighted by molar-refractivity contribution is 5.79. The van der Waals surface area contributed by atoms with Gasteiger partial charge in [0.25, 0.3) is 0 Å². The van der Waals surface area contributed by atoms with Gasteiger partial charge in [0.2, 0.25) is 5.91 Å². The molecule has 0 atom stereocenters. The molecule has 1 rings (SSSR count). The van der Waals surface area contributed by atoms with Crippen molar-refractivity contribution in [2.24, 2.45) is 10.9 Å². The first-order valence-electron chi connectivity index (χ1n) is 9.60. The van der Waals surface area contributed by atoms with Crippen molar-refractivity contribution in [3.05, 3.63) is 0 Å². The average Bonchev–Trinajstić information content (AvgIpc) is 2.58. The fourth-order valence-corrected chi connectivity index (χ4v) is 2.59. The molecule has 1 aliphatic rings. The van der Waals surface area contributed by atoms with Crippen LogP contribution in [0.5, 0.6) is 0 Å². The van der Waals surface area contributed by atoms with Crippen LogP contribution in [0.15, 0.2) is 4.99 Å². The monoisotopic (exact) mass is 355 g/mol. The molecule has 25 heavy (non-hydrogen) atoms. The highest BCUT2D eigenvalue weighted by atomic mass is 16.5. The number of carbonyl (C=O) groups is 1. The maximum atomic E-state index is 11.3. The van der Waals surface area contributed by atoms with Crippen molar-refractivity contribution < 1.29 is 9.53 Å². The predicted octanol–water partition coefficient (Wildman–Crippen LogP) is 0.768. The lowest BCUT2D eigenvalue weighted by Crippen LogP contribution is -2.48. The number of carbonyl (C=O) groups excluding carboxylic acids is 1. The summed E-state index contributed by atoms with van der Waals surface area (Å²) >= 11 is 0. The number of aliphatic imine (C=N–C) groups is 1. The molecule has 1 saturated heterocycles. The minimum atomic E-state index is 0.173. The van der Waals surface area contributed by atoms with Crippen LogP contribution in [-0.4, -0.2) is 87.2 Å². The number of guanidine groups is 1.